The highest BCUT2D eigenvalue weighted by Crippen LogP contribution is 2.18. The van der Waals surface area contributed by atoms with Crippen molar-refractivity contribution in [3.63, 3.8) is 0 Å². The predicted molar refractivity (Wildman–Crippen MR) is 112 cm³/mol. The van der Waals surface area contributed by atoms with Crippen LogP contribution >= 0.6 is 0 Å². The molecular weight excluding hydrogens is 400 g/mol. The van der Waals surface area contributed by atoms with Crippen molar-refractivity contribution in [2.45, 2.75) is 13.0 Å². The van der Waals surface area contributed by atoms with Crippen LogP contribution in [0.5, 0.6) is 5.75 Å². The number of benzene rings is 2. The number of imidazole rings is 1. The summed E-state index contributed by atoms with van der Waals surface area (Å²) in [7, 11) is 0. The number of nitrogens with one attached hydrogen (secondary N) is 2. The van der Waals surface area contributed by atoms with E-state index in [0.717, 1.165) is 0 Å². The molecule has 1 amide bonds. The van der Waals surface area contributed by atoms with Gasteiger partial charge in [-0.15, -0.1) is 0 Å². The van der Waals surface area contributed by atoms with Gasteiger partial charge in [-0.1, -0.05) is 30.3 Å². The van der Waals surface area contributed by atoms with Crippen LogP contribution < -0.4 is 10.1 Å². The van der Waals surface area contributed by atoms with Crippen LogP contribution in [0.2, 0.25) is 0 Å². The Morgan fingerprint density at radius 2 is 1.87 bits per heavy atom. The zero-order valence-corrected chi connectivity index (χ0v) is 16.7. The number of carbonyl (C=O) groups excluding carboxylic acids is 2. The molecule has 0 aliphatic heterocycles. The van der Waals surface area contributed by atoms with Gasteiger partial charge in [-0.2, -0.15) is 5.26 Å². The number of nitriles is 1. The third-order valence-electron chi connectivity index (χ3n) is 4.22. The minimum atomic E-state index is -0.976. The zero-order chi connectivity index (χ0) is 22.2. The number of aromatic amines is 1. The van der Waals surface area contributed by atoms with E-state index in [1.807, 2.05) is 18.2 Å². The number of para-hydroxylation sites is 3. The fraction of sp³-hybridized carbons (Fsp3) is 0.182. The third-order valence-corrected chi connectivity index (χ3v) is 4.22. The topological polar surface area (TPSA) is 137 Å². The first-order valence-electron chi connectivity index (χ1n) is 9.39. The smallest absolute Gasteiger partial charge is 0.328 e. The van der Waals surface area contributed by atoms with E-state index < -0.39 is 30.3 Å². The molecule has 3 N–H and O–H groups in total. The second-order valence-electron chi connectivity index (χ2n) is 6.53. The molecule has 0 saturated carbocycles. The van der Waals surface area contributed by atoms with E-state index in [4.69, 9.17) is 9.47 Å². The molecule has 0 fully saturated rings. The number of amides is 1. The fourth-order valence-electron chi connectivity index (χ4n) is 2.67. The Bertz CT molecular complexity index is 1110. The van der Waals surface area contributed by atoms with Crippen molar-refractivity contribution < 1.29 is 24.2 Å². The lowest BCUT2D eigenvalue weighted by Crippen LogP contribution is -2.42. The van der Waals surface area contributed by atoms with E-state index in [1.54, 1.807) is 42.5 Å². The standard InChI is InChI=1S/C22H20N4O5/c1-14(24-20(28)13-30-15-7-3-2-4-8-15)22(29)31-12-19(27)16(11-23)21-25-17-9-5-6-10-18(17)26-21/h2-10,14,27H,12-13H2,1H3,(H,24,28)(H,25,26)/b19-16-. The highest BCUT2D eigenvalue weighted by atomic mass is 16.5. The monoisotopic (exact) mass is 420 g/mol. The van der Waals surface area contributed by atoms with E-state index in [2.05, 4.69) is 15.3 Å². The average Bonchev–Trinajstić information content (AvgIpc) is 3.21. The maximum atomic E-state index is 12.1. The molecule has 31 heavy (non-hydrogen) atoms. The Labute approximate surface area is 177 Å². The maximum absolute atomic E-state index is 12.1. The van der Waals surface area contributed by atoms with Crippen molar-refractivity contribution in [3.8, 4) is 11.8 Å². The van der Waals surface area contributed by atoms with E-state index in [-0.39, 0.29) is 18.0 Å². The van der Waals surface area contributed by atoms with Crippen molar-refractivity contribution >= 4 is 28.5 Å². The van der Waals surface area contributed by atoms with Crippen LogP contribution in [0.15, 0.2) is 60.4 Å². The molecule has 0 spiro atoms. The van der Waals surface area contributed by atoms with Crippen LogP contribution in [0.4, 0.5) is 0 Å². The summed E-state index contributed by atoms with van der Waals surface area (Å²) in [5.41, 5.74) is 1.19. The number of allylic oxidation sites excluding steroid dienone is 1. The van der Waals surface area contributed by atoms with Crippen LogP contribution in [-0.2, 0) is 14.3 Å². The molecule has 0 aliphatic carbocycles. The molecule has 0 radical (unpaired) electrons. The first kappa shape index (κ1) is 21.4. The number of aliphatic hydroxyl groups is 1. The number of carbonyl (C=O) groups is 2. The van der Waals surface area contributed by atoms with Gasteiger partial charge in [0.2, 0.25) is 0 Å². The highest BCUT2D eigenvalue weighted by molar-refractivity contribution is 5.85. The lowest BCUT2D eigenvalue weighted by molar-refractivity contribution is -0.147. The molecule has 0 aliphatic rings. The molecule has 0 saturated heterocycles. The molecular formula is C22H20N4O5. The molecule has 3 rings (SSSR count). The largest absolute Gasteiger partial charge is 0.507 e. The maximum Gasteiger partial charge on any atom is 0.328 e. The molecule has 2 aromatic carbocycles. The predicted octanol–water partition coefficient (Wildman–Crippen LogP) is 2.48. The molecule has 1 atom stereocenters. The summed E-state index contributed by atoms with van der Waals surface area (Å²) in [5.74, 6) is -1.05. The number of H-pyrrole nitrogens is 1. The van der Waals surface area contributed by atoms with Gasteiger partial charge in [0.05, 0.1) is 11.0 Å². The first-order chi connectivity index (χ1) is 15.0. The van der Waals surface area contributed by atoms with Gasteiger partial charge in [-0.3, -0.25) is 4.79 Å². The number of aliphatic hydroxyl groups excluding tert-OH is 1. The minimum absolute atomic E-state index is 0.142. The quantitative estimate of drug-likeness (QED) is 0.289. The lowest BCUT2D eigenvalue weighted by Gasteiger charge is -2.14. The Morgan fingerprint density at radius 3 is 2.58 bits per heavy atom. The highest BCUT2D eigenvalue weighted by Gasteiger charge is 2.20. The zero-order valence-electron chi connectivity index (χ0n) is 16.7. The second kappa shape index (κ2) is 9.93. The van der Waals surface area contributed by atoms with Crippen molar-refractivity contribution in [1.82, 2.24) is 15.3 Å². The molecule has 3 aromatic rings. The summed E-state index contributed by atoms with van der Waals surface area (Å²) >= 11 is 0. The molecule has 158 valence electrons. The lowest BCUT2D eigenvalue weighted by atomic mass is 10.2. The second-order valence-corrected chi connectivity index (χ2v) is 6.53. The van der Waals surface area contributed by atoms with Gasteiger partial charge in [-0.25, -0.2) is 9.78 Å². The number of esters is 1. The molecule has 0 bridgehead atoms. The summed E-state index contributed by atoms with van der Waals surface area (Å²) in [6.07, 6.45) is 0. The summed E-state index contributed by atoms with van der Waals surface area (Å²) in [5, 5.41) is 22.1. The number of rotatable bonds is 8. The van der Waals surface area contributed by atoms with E-state index >= 15 is 0 Å². The van der Waals surface area contributed by atoms with Crippen LogP contribution in [0, 0.1) is 11.3 Å². The first-order valence-corrected chi connectivity index (χ1v) is 9.39. The normalized spacial score (nSPS) is 12.4. The van der Waals surface area contributed by atoms with Gasteiger partial charge in [0, 0.05) is 0 Å². The Morgan fingerprint density at radius 1 is 1.16 bits per heavy atom. The average molecular weight is 420 g/mol. The number of nitrogens with zero attached hydrogens (tertiary/aromatic N) is 2. The summed E-state index contributed by atoms with van der Waals surface area (Å²) in [6, 6.07) is 16.8. The van der Waals surface area contributed by atoms with Gasteiger partial charge in [-0.05, 0) is 31.2 Å². The summed E-state index contributed by atoms with van der Waals surface area (Å²) in [6.45, 7) is 0.630. The van der Waals surface area contributed by atoms with Crippen molar-refractivity contribution in [2.75, 3.05) is 13.2 Å². The Kier molecular flexibility index (Phi) is 6.85. The van der Waals surface area contributed by atoms with Gasteiger partial charge < -0.3 is 24.9 Å². The van der Waals surface area contributed by atoms with Crippen molar-refractivity contribution in [3.05, 3.63) is 66.2 Å². The van der Waals surface area contributed by atoms with Gasteiger partial charge in [0.15, 0.2) is 18.2 Å². The van der Waals surface area contributed by atoms with Gasteiger partial charge in [0.25, 0.3) is 5.91 Å². The molecule has 9 heteroatoms. The van der Waals surface area contributed by atoms with E-state index in [9.17, 15) is 20.0 Å². The summed E-state index contributed by atoms with van der Waals surface area (Å²) in [4.78, 5) is 31.2. The Hall–Kier alpha value is -4.32. The SMILES string of the molecule is CC(NC(=O)COc1ccccc1)C(=O)OC/C(O)=C(\C#N)c1nc2ccccc2[nH]1. The van der Waals surface area contributed by atoms with E-state index in [0.29, 0.717) is 16.8 Å². The van der Waals surface area contributed by atoms with Crippen LogP contribution in [0.3, 0.4) is 0 Å². The molecule has 1 aromatic heterocycles. The van der Waals surface area contributed by atoms with Crippen molar-refractivity contribution in [2.24, 2.45) is 0 Å². The minimum Gasteiger partial charge on any atom is -0.507 e. The molecule has 9 nitrogen and oxygen atoms in total. The number of ether oxygens (including phenoxy) is 2. The number of hydrogen-bond donors (Lipinski definition) is 3. The molecule has 1 heterocycles. The van der Waals surface area contributed by atoms with Crippen LogP contribution in [0.1, 0.15) is 12.7 Å². The number of fused-ring (bicyclic) bond motifs is 1. The molecule has 1 unspecified atom stereocenters. The number of hydrogen-bond acceptors (Lipinski definition) is 7. The number of aromatic nitrogens is 2. The third kappa shape index (κ3) is 5.61. The van der Waals surface area contributed by atoms with Crippen molar-refractivity contribution in [1.29, 1.82) is 5.26 Å². The van der Waals surface area contributed by atoms with Gasteiger partial charge >= 0.3 is 5.97 Å². The summed E-state index contributed by atoms with van der Waals surface area (Å²) < 4.78 is 10.3. The van der Waals surface area contributed by atoms with Gasteiger partial charge in [0.1, 0.15) is 30.0 Å². The Balaban J connectivity index is 1.54. The van der Waals surface area contributed by atoms with Crippen LogP contribution in [0.25, 0.3) is 16.6 Å². The van der Waals surface area contributed by atoms with Crippen LogP contribution in [-0.4, -0.2) is 46.2 Å². The van der Waals surface area contributed by atoms with E-state index in [1.165, 1.54) is 6.92 Å². The fourth-order valence-corrected chi connectivity index (χ4v) is 2.67.